The number of benzene rings is 2. The Bertz CT molecular complexity index is 1200. The van der Waals surface area contributed by atoms with Crippen molar-refractivity contribution in [2.24, 2.45) is 0 Å². The highest BCUT2D eigenvalue weighted by Gasteiger charge is 2.35. The van der Waals surface area contributed by atoms with Crippen LogP contribution >= 0.6 is 0 Å². The van der Waals surface area contributed by atoms with Crippen LogP contribution in [0.25, 0.3) is 6.08 Å². The van der Waals surface area contributed by atoms with Gasteiger partial charge in [-0.3, -0.25) is 9.59 Å². The molecule has 2 amide bonds. The Balaban J connectivity index is 1.48. The number of rotatable bonds is 5. The predicted molar refractivity (Wildman–Crippen MR) is 132 cm³/mol. The van der Waals surface area contributed by atoms with Crippen LogP contribution in [-0.4, -0.2) is 41.5 Å². The number of carbonyl (C=O) groups is 2. The van der Waals surface area contributed by atoms with Crippen molar-refractivity contribution in [3.63, 3.8) is 0 Å². The van der Waals surface area contributed by atoms with Crippen LogP contribution in [0.15, 0.2) is 59.6 Å². The van der Waals surface area contributed by atoms with Crippen LogP contribution in [0.3, 0.4) is 0 Å². The molecule has 0 aromatic heterocycles. The lowest BCUT2D eigenvalue weighted by Gasteiger charge is -2.37. The quantitative estimate of drug-likeness (QED) is 0.679. The van der Waals surface area contributed by atoms with Gasteiger partial charge in [-0.25, -0.2) is 8.42 Å². The lowest BCUT2D eigenvalue weighted by Crippen LogP contribution is -2.47. The van der Waals surface area contributed by atoms with Gasteiger partial charge in [0, 0.05) is 30.9 Å². The van der Waals surface area contributed by atoms with Gasteiger partial charge >= 0.3 is 0 Å². The average molecular weight is 482 g/mol. The summed E-state index contributed by atoms with van der Waals surface area (Å²) in [4.78, 5) is 26.8. The van der Waals surface area contributed by atoms with E-state index < -0.39 is 16.1 Å². The van der Waals surface area contributed by atoms with Gasteiger partial charge in [-0.15, -0.1) is 0 Å². The van der Waals surface area contributed by atoms with Crippen molar-refractivity contribution in [3.05, 3.63) is 65.9 Å². The second kappa shape index (κ2) is 9.72. The van der Waals surface area contributed by atoms with E-state index in [9.17, 15) is 18.0 Å². The highest BCUT2D eigenvalue weighted by molar-refractivity contribution is 7.89. The molecule has 2 aromatic carbocycles. The lowest BCUT2D eigenvalue weighted by atomic mass is 9.93. The fourth-order valence-electron chi connectivity index (χ4n) is 5.00. The van der Waals surface area contributed by atoms with Gasteiger partial charge in [0.2, 0.25) is 21.8 Å². The summed E-state index contributed by atoms with van der Waals surface area (Å²) in [6, 6.07) is 13.5. The molecule has 8 heteroatoms. The highest BCUT2D eigenvalue weighted by atomic mass is 32.2. The average Bonchev–Trinajstić information content (AvgIpc) is 2.79. The summed E-state index contributed by atoms with van der Waals surface area (Å²) >= 11 is 0. The molecule has 1 N–H and O–H groups in total. The van der Waals surface area contributed by atoms with Gasteiger partial charge in [0.05, 0.1) is 17.4 Å². The number of piperidine rings is 1. The van der Waals surface area contributed by atoms with E-state index in [1.165, 1.54) is 6.92 Å². The summed E-state index contributed by atoms with van der Waals surface area (Å²) in [5.41, 5.74) is 2.41. The van der Waals surface area contributed by atoms with E-state index in [-0.39, 0.29) is 35.2 Å². The molecule has 0 aliphatic carbocycles. The molecule has 34 heavy (non-hydrogen) atoms. The fourth-order valence-corrected chi connectivity index (χ4v) is 6.89. The second-order valence-corrected chi connectivity index (χ2v) is 11.0. The minimum atomic E-state index is -3.61. The standard InChI is InChI=1S/C26H31N3O4S/c1-18-7-6-8-19(2)29(18)34(32,33)23-13-11-22(12-14-23)27-26(31)17-25-24-10-5-4-9-21(24)15-16-28(25)20(3)30/h4-5,9-16,18-19,25H,6-8,17H2,1-3H3,(H,27,31). The third-order valence-electron chi connectivity index (χ3n) is 6.67. The number of carbonyl (C=O) groups excluding carboxylic acids is 2. The second-order valence-electron chi connectivity index (χ2n) is 9.13. The molecule has 7 nitrogen and oxygen atoms in total. The Morgan fingerprint density at radius 2 is 1.65 bits per heavy atom. The topological polar surface area (TPSA) is 86.8 Å². The van der Waals surface area contributed by atoms with E-state index in [1.807, 2.05) is 44.2 Å². The molecule has 180 valence electrons. The number of fused-ring (bicyclic) bond motifs is 1. The molecule has 1 fully saturated rings. The number of sulfonamides is 1. The van der Waals surface area contributed by atoms with Gasteiger partial charge in [-0.1, -0.05) is 30.7 Å². The summed E-state index contributed by atoms with van der Waals surface area (Å²) in [6.45, 7) is 5.38. The van der Waals surface area contributed by atoms with Crippen molar-refractivity contribution in [1.29, 1.82) is 0 Å². The Hall–Kier alpha value is -2.97. The van der Waals surface area contributed by atoms with E-state index in [0.717, 1.165) is 30.4 Å². The maximum Gasteiger partial charge on any atom is 0.243 e. The van der Waals surface area contributed by atoms with E-state index in [4.69, 9.17) is 0 Å². The molecule has 2 aliphatic heterocycles. The molecule has 0 bridgehead atoms. The number of nitrogens with one attached hydrogen (secondary N) is 1. The first kappa shape index (κ1) is 24.2. The first-order valence-corrected chi connectivity index (χ1v) is 13.1. The predicted octanol–water partition coefficient (Wildman–Crippen LogP) is 4.54. The van der Waals surface area contributed by atoms with Gasteiger partial charge in [-0.05, 0) is 68.2 Å². The summed E-state index contributed by atoms with van der Waals surface area (Å²) in [6.07, 6.45) is 6.41. The Kier molecular flexibility index (Phi) is 6.91. The maximum absolute atomic E-state index is 13.2. The molecule has 0 spiro atoms. The minimum Gasteiger partial charge on any atom is -0.326 e. The van der Waals surface area contributed by atoms with Crippen LogP contribution in [0.4, 0.5) is 5.69 Å². The minimum absolute atomic E-state index is 0.0372. The molecule has 2 aromatic rings. The number of nitrogens with zero attached hydrogens (tertiary/aromatic N) is 2. The molecular weight excluding hydrogens is 450 g/mol. The van der Waals surface area contributed by atoms with Gasteiger partial charge in [0.1, 0.15) is 0 Å². The summed E-state index contributed by atoms with van der Waals surface area (Å²) in [5.74, 6) is -0.394. The summed E-state index contributed by atoms with van der Waals surface area (Å²) in [5, 5.41) is 2.85. The Morgan fingerprint density at radius 3 is 2.29 bits per heavy atom. The van der Waals surface area contributed by atoms with Crippen molar-refractivity contribution in [3.8, 4) is 0 Å². The third-order valence-corrected chi connectivity index (χ3v) is 8.82. The van der Waals surface area contributed by atoms with Crippen LogP contribution in [0, 0.1) is 0 Å². The van der Waals surface area contributed by atoms with Crippen molar-refractivity contribution in [2.75, 3.05) is 5.32 Å². The molecule has 2 heterocycles. The van der Waals surface area contributed by atoms with Crippen LogP contribution in [0.2, 0.25) is 0 Å². The molecule has 0 saturated carbocycles. The van der Waals surface area contributed by atoms with Gasteiger partial charge in [-0.2, -0.15) is 4.31 Å². The molecule has 2 aliphatic rings. The van der Waals surface area contributed by atoms with Crippen LogP contribution in [0.1, 0.15) is 63.6 Å². The molecule has 3 unspecified atom stereocenters. The number of anilines is 1. The highest BCUT2D eigenvalue weighted by Crippen LogP contribution is 2.33. The Labute approximate surface area is 201 Å². The van der Waals surface area contributed by atoms with Gasteiger partial charge < -0.3 is 10.2 Å². The zero-order valence-corrected chi connectivity index (χ0v) is 20.6. The van der Waals surface area contributed by atoms with Crippen molar-refractivity contribution in [2.45, 2.75) is 69.5 Å². The van der Waals surface area contributed by atoms with Crippen molar-refractivity contribution >= 4 is 33.6 Å². The van der Waals surface area contributed by atoms with Crippen LogP contribution in [-0.2, 0) is 19.6 Å². The molecule has 1 saturated heterocycles. The fraction of sp³-hybridized carbons (Fsp3) is 0.385. The largest absolute Gasteiger partial charge is 0.326 e. The summed E-state index contributed by atoms with van der Waals surface area (Å²) in [7, 11) is -3.61. The monoisotopic (exact) mass is 481 g/mol. The zero-order chi connectivity index (χ0) is 24.5. The molecular formula is C26H31N3O4S. The van der Waals surface area contributed by atoms with Gasteiger partial charge in [0.25, 0.3) is 0 Å². The maximum atomic E-state index is 13.2. The first-order chi connectivity index (χ1) is 16.2. The zero-order valence-electron chi connectivity index (χ0n) is 19.8. The number of hydrogen-bond acceptors (Lipinski definition) is 4. The van der Waals surface area contributed by atoms with E-state index in [1.54, 1.807) is 39.7 Å². The van der Waals surface area contributed by atoms with Crippen LogP contribution in [0.5, 0.6) is 0 Å². The lowest BCUT2D eigenvalue weighted by molar-refractivity contribution is -0.129. The normalized spacial score (nSPS) is 22.8. The molecule has 0 radical (unpaired) electrons. The van der Waals surface area contributed by atoms with E-state index in [2.05, 4.69) is 5.32 Å². The van der Waals surface area contributed by atoms with Gasteiger partial charge in [0.15, 0.2) is 0 Å². The van der Waals surface area contributed by atoms with Crippen molar-refractivity contribution < 1.29 is 18.0 Å². The van der Waals surface area contributed by atoms with Crippen LogP contribution < -0.4 is 5.32 Å². The smallest absolute Gasteiger partial charge is 0.243 e. The molecule has 4 rings (SSSR count). The first-order valence-electron chi connectivity index (χ1n) is 11.7. The third kappa shape index (κ3) is 4.79. The van der Waals surface area contributed by atoms with E-state index in [0.29, 0.717) is 5.69 Å². The Morgan fingerprint density at radius 1 is 1.00 bits per heavy atom. The number of hydrogen-bond donors (Lipinski definition) is 1. The SMILES string of the molecule is CC(=O)N1C=Cc2ccccc2C1CC(=O)Nc1ccc(S(=O)(=O)N2C(C)CCCC2C)cc1. The van der Waals surface area contributed by atoms with Crippen molar-refractivity contribution in [1.82, 2.24) is 9.21 Å². The number of amides is 2. The molecule has 3 atom stereocenters. The summed E-state index contributed by atoms with van der Waals surface area (Å²) < 4.78 is 28.0. The van der Waals surface area contributed by atoms with E-state index >= 15 is 0 Å².